The van der Waals surface area contributed by atoms with Crippen LogP contribution in [0.5, 0.6) is 5.75 Å². The van der Waals surface area contributed by atoms with Crippen LogP contribution in [0, 0.1) is 0 Å². The van der Waals surface area contributed by atoms with Gasteiger partial charge in [0.1, 0.15) is 11.4 Å². The van der Waals surface area contributed by atoms with E-state index in [1.54, 1.807) is 0 Å². The fourth-order valence-corrected chi connectivity index (χ4v) is 3.15. The van der Waals surface area contributed by atoms with Crippen LogP contribution in [0.3, 0.4) is 0 Å². The number of pyridine rings is 1. The summed E-state index contributed by atoms with van der Waals surface area (Å²) < 4.78 is 5.73. The number of hydrogen-bond donors (Lipinski definition) is 3. The standard InChI is InChI=1S/C15H21N3O4/c19-4-3-13-8-18-7-10(5-11(18)9-22-13)17-15(21)14-2-1-12(20)6-16-14/h1-2,6,10-11,13,19-20H,3-5,7-9H2,(H,17,21)/t10-,11+,13+/m1/s1. The normalized spacial score (nSPS) is 28.3. The van der Waals surface area contributed by atoms with E-state index in [1.807, 2.05) is 0 Å². The summed E-state index contributed by atoms with van der Waals surface area (Å²) in [6.45, 7) is 2.37. The predicted octanol–water partition coefficient (Wildman–Crippen LogP) is -0.259. The van der Waals surface area contributed by atoms with Crippen molar-refractivity contribution >= 4 is 5.91 Å². The first-order chi connectivity index (χ1) is 10.7. The van der Waals surface area contributed by atoms with Gasteiger partial charge in [-0.1, -0.05) is 0 Å². The first-order valence-corrected chi connectivity index (χ1v) is 7.58. The Morgan fingerprint density at radius 2 is 2.32 bits per heavy atom. The summed E-state index contributed by atoms with van der Waals surface area (Å²) in [6.07, 6.45) is 2.85. The molecule has 0 spiro atoms. The van der Waals surface area contributed by atoms with Crippen LogP contribution >= 0.6 is 0 Å². The lowest BCUT2D eigenvalue weighted by molar-refractivity contribution is -0.0566. The monoisotopic (exact) mass is 307 g/mol. The quantitative estimate of drug-likeness (QED) is 0.709. The first kappa shape index (κ1) is 15.2. The van der Waals surface area contributed by atoms with Gasteiger partial charge < -0.3 is 20.3 Å². The topological polar surface area (TPSA) is 94.9 Å². The molecule has 0 aromatic carbocycles. The second-order valence-electron chi connectivity index (χ2n) is 5.88. The van der Waals surface area contributed by atoms with E-state index >= 15 is 0 Å². The molecule has 3 atom stereocenters. The van der Waals surface area contributed by atoms with Gasteiger partial charge in [-0.3, -0.25) is 9.69 Å². The van der Waals surface area contributed by atoms with Gasteiger partial charge in [0.05, 0.1) is 18.9 Å². The fourth-order valence-electron chi connectivity index (χ4n) is 3.15. The average molecular weight is 307 g/mol. The zero-order valence-electron chi connectivity index (χ0n) is 12.3. The van der Waals surface area contributed by atoms with Gasteiger partial charge in [-0.15, -0.1) is 0 Å². The maximum Gasteiger partial charge on any atom is 0.270 e. The highest BCUT2D eigenvalue weighted by Crippen LogP contribution is 2.24. The number of aliphatic hydroxyl groups excluding tert-OH is 1. The Hall–Kier alpha value is -1.70. The number of aliphatic hydroxyl groups is 1. The third kappa shape index (κ3) is 3.37. The largest absolute Gasteiger partial charge is 0.506 e. The highest BCUT2D eigenvalue weighted by Gasteiger charge is 2.37. The number of nitrogens with zero attached hydrogens (tertiary/aromatic N) is 2. The molecule has 22 heavy (non-hydrogen) atoms. The van der Waals surface area contributed by atoms with Gasteiger partial charge in [0, 0.05) is 31.8 Å². The number of fused-ring (bicyclic) bond motifs is 1. The molecule has 3 heterocycles. The number of nitrogens with one attached hydrogen (secondary N) is 1. The van der Waals surface area contributed by atoms with Crippen LogP contribution in [0.4, 0.5) is 0 Å². The summed E-state index contributed by atoms with van der Waals surface area (Å²) >= 11 is 0. The minimum absolute atomic E-state index is 0.0432. The van der Waals surface area contributed by atoms with Crippen LogP contribution in [0.25, 0.3) is 0 Å². The van der Waals surface area contributed by atoms with Gasteiger partial charge in [-0.05, 0) is 25.0 Å². The lowest BCUT2D eigenvalue weighted by Gasteiger charge is -2.34. The minimum Gasteiger partial charge on any atom is -0.506 e. The fraction of sp³-hybridized carbons (Fsp3) is 0.600. The minimum atomic E-state index is -0.224. The maximum absolute atomic E-state index is 12.1. The van der Waals surface area contributed by atoms with Crippen molar-refractivity contribution in [2.75, 3.05) is 26.3 Å². The highest BCUT2D eigenvalue weighted by molar-refractivity contribution is 5.92. The molecule has 1 aromatic heterocycles. The van der Waals surface area contributed by atoms with E-state index in [0.29, 0.717) is 24.8 Å². The van der Waals surface area contributed by atoms with Crippen molar-refractivity contribution < 1.29 is 19.7 Å². The summed E-state index contributed by atoms with van der Waals surface area (Å²) in [7, 11) is 0. The van der Waals surface area contributed by atoms with Gasteiger partial charge in [0.25, 0.3) is 5.91 Å². The number of ether oxygens (including phenoxy) is 1. The first-order valence-electron chi connectivity index (χ1n) is 7.58. The lowest BCUT2D eigenvalue weighted by atomic mass is 10.1. The maximum atomic E-state index is 12.1. The molecule has 1 aromatic rings. The highest BCUT2D eigenvalue weighted by atomic mass is 16.5. The van der Waals surface area contributed by atoms with Crippen molar-refractivity contribution in [3.05, 3.63) is 24.0 Å². The summed E-state index contributed by atoms with van der Waals surface area (Å²) in [5.74, 6) is -0.181. The van der Waals surface area contributed by atoms with Gasteiger partial charge >= 0.3 is 0 Å². The van der Waals surface area contributed by atoms with E-state index in [2.05, 4.69) is 15.2 Å². The molecule has 1 amide bonds. The Morgan fingerprint density at radius 1 is 1.45 bits per heavy atom. The Bertz CT molecular complexity index is 522. The number of carbonyl (C=O) groups is 1. The number of aromatic hydroxyl groups is 1. The Balaban J connectivity index is 1.54. The van der Waals surface area contributed by atoms with E-state index in [0.717, 1.165) is 19.5 Å². The smallest absolute Gasteiger partial charge is 0.270 e. The summed E-state index contributed by atoms with van der Waals surface area (Å²) in [6, 6.07) is 3.36. The molecule has 2 aliphatic rings. The number of carbonyl (C=O) groups excluding carboxylic acids is 1. The van der Waals surface area contributed by atoms with Crippen LogP contribution in [0.15, 0.2) is 18.3 Å². The summed E-state index contributed by atoms with van der Waals surface area (Å²) in [5, 5.41) is 21.2. The van der Waals surface area contributed by atoms with Crippen molar-refractivity contribution in [3.63, 3.8) is 0 Å². The van der Waals surface area contributed by atoms with Crippen LogP contribution < -0.4 is 5.32 Å². The molecule has 0 unspecified atom stereocenters. The SMILES string of the molecule is O=C(N[C@@H]1C[C@H]2CO[C@@H](CCO)CN2C1)c1ccc(O)cn1. The molecule has 7 heteroatoms. The Labute approximate surface area is 128 Å². The van der Waals surface area contributed by atoms with E-state index in [4.69, 9.17) is 9.84 Å². The second-order valence-corrected chi connectivity index (χ2v) is 5.88. The van der Waals surface area contributed by atoms with Gasteiger partial charge in [0.2, 0.25) is 0 Å². The third-order valence-electron chi connectivity index (χ3n) is 4.26. The molecule has 3 N–H and O–H groups in total. The van der Waals surface area contributed by atoms with Crippen molar-refractivity contribution in [2.24, 2.45) is 0 Å². The van der Waals surface area contributed by atoms with E-state index in [1.165, 1.54) is 18.3 Å². The zero-order chi connectivity index (χ0) is 15.5. The van der Waals surface area contributed by atoms with Gasteiger partial charge in [0.15, 0.2) is 0 Å². The lowest BCUT2D eigenvalue weighted by Crippen LogP contribution is -2.46. The van der Waals surface area contributed by atoms with Crippen LogP contribution in [-0.2, 0) is 4.74 Å². The molecule has 2 aliphatic heterocycles. The summed E-state index contributed by atoms with van der Waals surface area (Å²) in [5.41, 5.74) is 0.303. The molecule has 7 nitrogen and oxygen atoms in total. The van der Waals surface area contributed by atoms with Crippen molar-refractivity contribution in [2.45, 2.75) is 31.0 Å². The molecule has 2 saturated heterocycles. The Kier molecular flexibility index (Phi) is 4.56. The van der Waals surface area contributed by atoms with Gasteiger partial charge in [-0.25, -0.2) is 4.98 Å². The zero-order valence-corrected chi connectivity index (χ0v) is 12.3. The number of rotatable bonds is 4. The number of morpholine rings is 1. The number of amides is 1. The second kappa shape index (κ2) is 6.60. The van der Waals surface area contributed by atoms with E-state index < -0.39 is 0 Å². The summed E-state index contributed by atoms with van der Waals surface area (Å²) in [4.78, 5) is 18.4. The molecular weight excluding hydrogens is 286 g/mol. The molecule has 2 fully saturated rings. The van der Waals surface area contributed by atoms with Crippen LogP contribution in [0.2, 0.25) is 0 Å². The van der Waals surface area contributed by atoms with Crippen molar-refractivity contribution in [1.29, 1.82) is 0 Å². The Morgan fingerprint density at radius 3 is 3.05 bits per heavy atom. The number of hydrogen-bond acceptors (Lipinski definition) is 6. The van der Waals surface area contributed by atoms with Crippen LogP contribution in [-0.4, -0.2) is 70.5 Å². The molecule has 3 rings (SSSR count). The molecule has 0 radical (unpaired) electrons. The number of aromatic nitrogens is 1. The van der Waals surface area contributed by atoms with Gasteiger partial charge in [-0.2, -0.15) is 0 Å². The van der Waals surface area contributed by atoms with Crippen LogP contribution in [0.1, 0.15) is 23.3 Å². The van der Waals surface area contributed by atoms with Crippen molar-refractivity contribution in [3.8, 4) is 5.75 Å². The van der Waals surface area contributed by atoms with Crippen molar-refractivity contribution in [1.82, 2.24) is 15.2 Å². The van der Waals surface area contributed by atoms with E-state index in [-0.39, 0.29) is 30.4 Å². The molecular formula is C15H21N3O4. The molecule has 120 valence electrons. The molecule has 0 saturated carbocycles. The average Bonchev–Trinajstić information content (AvgIpc) is 2.89. The molecule has 0 bridgehead atoms. The molecule has 0 aliphatic carbocycles. The van der Waals surface area contributed by atoms with E-state index in [9.17, 15) is 9.90 Å². The predicted molar refractivity (Wildman–Crippen MR) is 78.6 cm³/mol. The third-order valence-corrected chi connectivity index (χ3v) is 4.26.